The number of nitrogens with two attached hydrogens (primary N) is 1. The van der Waals surface area contributed by atoms with E-state index >= 15 is 0 Å². The molecule has 0 aliphatic carbocycles. The first kappa shape index (κ1) is 19.8. The van der Waals surface area contributed by atoms with Crippen LogP contribution in [0.15, 0.2) is 23.2 Å². The number of rotatable bonds is 0. The minimum Gasteiger partial charge on any atom is -0.490 e. The standard InChI is InChI=1S/C19H30N2O3S/c1-12-8-9-16-15(10-12)18(4,5)21-17(20)19(6,7)25(22,23)14(3)11-13(2)24-16/h8-10,13-14H,11H2,1-7H3,(H2,20,21)/t13-,14?/m0/s1. The van der Waals surface area contributed by atoms with Crippen molar-refractivity contribution in [3.05, 3.63) is 29.3 Å². The molecule has 1 aliphatic rings. The zero-order chi connectivity index (χ0) is 19.2. The van der Waals surface area contributed by atoms with E-state index in [1.165, 1.54) is 0 Å². The molecule has 1 aromatic rings. The Kier molecular flexibility index (Phi) is 4.99. The fourth-order valence-corrected chi connectivity index (χ4v) is 5.10. The molecule has 1 aliphatic heterocycles. The Hall–Kier alpha value is -1.56. The Morgan fingerprint density at radius 2 is 1.80 bits per heavy atom. The van der Waals surface area contributed by atoms with Gasteiger partial charge in [-0.2, -0.15) is 0 Å². The van der Waals surface area contributed by atoms with E-state index in [9.17, 15) is 8.42 Å². The molecule has 1 aromatic carbocycles. The second-order valence-electron chi connectivity index (χ2n) is 8.09. The molecule has 2 N–H and O–H groups in total. The molecule has 5 nitrogen and oxygen atoms in total. The van der Waals surface area contributed by atoms with Gasteiger partial charge < -0.3 is 10.5 Å². The van der Waals surface area contributed by atoms with E-state index < -0.39 is 25.4 Å². The number of amidine groups is 1. The van der Waals surface area contributed by atoms with Crippen molar-refractivity contribution in [3.8, 4) is 5.75 Å². The lowest BCUT2D eigenvalue weighted by molar-refractivity contribution is 0.205. The average Bonchev–Trinajstić information content (AvgIpc) is 2.47. The number of hydrogen-bond donors (Lipinski definition) is 1. The minimum absolute atomic E-state index is 0.131. The summed E-state index contributed by atoms with van der Waals surface area (Å²) in [5.41, 5.74) is 7.52. The fourth-order valence-electron chi connectivity index (χ4n) is 3.23. The largest absolute Gasteiger partial charge is 0.490 e. The number of benzene rings is 1. The summed E-state index contributed by atoms with van der Waals surface area (Å²) in [7, 11) is -3.52. The summed E-state index contributed by atoms with van der Waals surface area (Å²) in [5.74, 6) is 0.857. The number of ether oxygens (including phenoxy) is 1. The Balaban J connectivity index is 2.74. The van der Waals surface area contributed by atoms with E-state index in [4.69, 9.17) is 10.5 Å². The molecule has 0 amide bonds. The molecule has 2 rings (SSSR count). The van der Waals surface area contributed by atoms with Gasteiger partial charge in [-0.25, -0.2) is 8.42 Å². The van der Waals surface area contributed by atoms with E-state index in [2.05, 4.69) is 4.99 Å². The highest BCUT2D eigenvalue weighted by molar-refractivity contribution is 7.94. The van der Waals surface area contributed by atoms with Gasteiger partial charge in [0.25, 0.3) is 0 Å². The van der Waals surface area contributed by atoms with Gasteiger partial charge in [-0.05, 0) is 60.6 Å². The molecule has 0 spiro atoms. The van der Waals surface area contributed by atoms with Crippen LogP contribution in [0, 0.1) is 6.92 Å². The third-order valence-electron chi connectivity index (χ3n) is 5.04. The first-order valence-electron chi connectivity index (χ1n) is 8.66. The van der Waals surface area contributed by atoms with Crippen molar-refractivity contribution >= 4 is 15.7 Å². The molecular formula is C19H30N2O3S. The molecule has 0 saturated carbocycles. The predicted molar refractivity (Wildman–Crippen MR) is 103 cm³/mol. The zero-order valence-corrected chi connectivity index (χ0v) is 17.1. The third kappa shape index (κ3) is 3.54. The van der Waals surface area contributed by atoms with Gasteiger partial charge in [-0.3, -0.25) is 4.99 Å². The molecule has 0 bridgehead atoms. The molecule has 0 saturated heterocycles. The van der Waals surface area contributed by atoms with Crippen LogP contribution in [0.5, 0.6) is 5.75 Å². The van der Waals surface area contributed by atoms with Gasteiger partial charge in [0, 0.05) is 12.0 Å². The minimum atomic E-state index is -3.52. The molecule has 6 heteroatoms. The molecule has 0 radical (unpaired) electrons. The van der Waals surface area contributed by atoms with Gasteiger partial charge in [0.15, 0.2) is 9.84 Å². The highest BCUT2D eigenvalue weighted by atomic mass is 32.2. The number of aliphatic imine (C=N–C) groups is 1. The van der Waals surface area contributed by atoms with Gasteiger partial charge in [0.05, 0.1) is 16.9 Å². The molecule has 2 atom stereocenters. The van der Waals surface area contributed by atoms with Crippen LogP contribution in [0.2, 0.25) is 0 Å². The Labute approximate surface area is 151 Å². The monoisotopic (exact) mass is 366 g/mol. The quantitative estimate of drug-likeness (QED) is 0.763. The normalized spacial score (nSPS) is 28.0. The maximum absolute atomic E-state index is 13.1. The van der Waals surface area contributed by atoms with Crippen molar-refractivity contribution in [1.29, 1.82) is 0 Å². The van der Waals surface area contributed by atoms with E-state index in [1.54, 1.807) is 20.8 Å². The third-order valence-corrected chi connectivity index (χ3v) is 7.93. The van der Waals surface area contributed by atoms with Gasteiger partial charge >= 0.3 is 0 Å². The summed E-state index contributed by atoms with van der Waals surface area (Å²) in [6.07, 6.45) is 0.157. The number of fused-ring (bicyclic) bond motifs is 1. The summed E-state index contributed by atoms with van der Waals surface area (Å²) in [6, 6.07) is 5.94. The molecule has 25 heavy (non-hydrogen) atoms. The smallest absolute Gasteiger partial charge is 0.165 e. The van der Waals surface area contributed by atoms with Crippen LogP contribution in [-0.4, -0.2) is 30.4 Å². The summed E-state index contributed by atoms with van der Waals surface area (Å²) in [4.78, 5) is 4.64. The zero-order valence-electron chi connectivity index (χ0n) is 16.3. The van der Waals surface area contributed by atoms with Crippen molar-refractivity contribution in [2.45, 2.75) is 76.5 Å². The lowest BCUT2D eigenvalue weighted by Crippen LogP contribution is -2.50. The number of sulfone groups is 1. The highest BCUT2D eigenvalue weighted by Gasteiger charge is 2.44. The first-order valence-corrected chi connectivity index (χ1v) is 10.2. The Bertz CT molecular complexity index is 795. The summed E-state index contributed by atoms with van der Waals surface area (Å²) >= 11 is 0. The molecular weight excluding hydrogens is 336 g/mol. The van der Waals surface area contributed by atoms with E-state index in [0.29, 0.717) is 6.42 Å². The van der Waals surface area contributed by atoms with Gasteiger partial charge in [0.1, 0.15) is 16.3 Å². The van der Waals surface area contributed by atoms with Crippen LogP contribution in [-0.2, 0) is 15.4 Å². The lowest BCUT2D eigenvalue weighted by Gasteiger charge is -2.30. The predicted octanol–water partition coefficient (Wildman–Crippen LogP) is 3.34. The average molecular weight is 367 g/mol. The van der Waals surface area contributed by atoms with Crippen LogP contribution in [0.4, 0.5) is 0 Å². The molecule has 1 unspecified atom stereocenters. The summed E-state index contributed by atoms with van der Waals surface area (Å²) < 4.78 is 31.0. The molecule has 0 fully saturated rings. The summed E-state index contributed by atoms with van der Waals surface area (Å²) in [5, 5.41) is -0.582. The summed E-state index contributed by atoms with van der Waals surface area (Å²) in [6.45, 7) is 12.7. The van der Waals surface area contributed by atoms with Crippen LogP contribution in [0.25, 0.3) is 0 Å². The number of hydrogen-bond acceptors (Lipinski definition) is 5. The van der Waals surface area contributed by atoms with E-state index in [1.807, 2.05) is 45.9 Å². The Morgan fingerprint density at radius 1 is 1.20 bits per heavy atom. The van der Waals surface area contributed by atoms with Crippen molar-refractivity contribution in [2.24, 2.45) is 10.7 Å². The molecule has 1 heterocycles. The number of aryl methyl sites for hydroxylation is 1. The van der Waals surface area contributed by atoms with Crippen LogP contribution in [0.3, 0.4) is 0 Å². The van der Waals surface area contributed by atoms with Crippen molar-refractivity contribution in [2.75, 3.05) is 0 Å². The Morgan fingerprint density at radius 3 is 2.40 bits per heavy atom. The van der Waals surface area contributed by atoms with Crippen LogP contribution < -0.4 is 10.5 Å². The maximum Gasteiger partial charge on any atom is 0.165 e. The van der Waals surface area contributed by atoms with Gasteiger partial charge in [-0.1, -0.05) is 11.6 Å². The maximum atomic E-state index is 13.1. The van der Waals surface area contributed by atoms with Crippen molar-refractivity contribution < 1.29 is 13.2 Å². The molecule has 140 valence electrons. The first-order chi connectivity index (χ1) is 11.3. The SMILES string of the molecule is Cc1ccc2c(c1)C(C)(C)N=C(N)C(C)(C)S(=O)(=O)C(C)C[C@H](C)O2. The van der Waals surface area contributed by atoms with E-state index in [0.717, 1.165) is 16.9 Å². The second-order valence-corrected chi connectivity index (χ2v) is 11.0. The van der Waals surface area contributed by atoms with Gasteiger partial charge in [-0.15, -0.1) is 0 Å². The lowest BCUT2D eigenvalue weighted by atomic mass is 9.92. The molecule has 0 aromatic heterocycles. The number of nitrogens with zero attached hydrogens (tertiary/aromatic N) is 1. The van der Waals surface area contributed by atoms with Crippen molar-refractivity contribution in [3.63, 3.8) is 0 Å². The highest BCUT2D eigenvalue weighted by Crippen LogP contribution is 2.37. The van der Waals surface area contributed by atoms with Crippen molar-refractivity contribution in [1.82, 2.24) is 0 Å². The van der Waals surface area contributed by atoms with E-state index in [-0.39, 0.29) is 11.9 Å². The topological polar surface area (TPSA) is 81.8 Å². The van der Waals surface area contributed by atoms with Crippen LogP contribution >= 0.6 is 0 Å². The van der Waals surface area contributed by atoms with Gasteiger partial charge in [0.2, 0.25) is 0 Å². The van der Waals surface area contributed by atoms with Crippen LogP contribution in [0.1, 0.15) is 59.1 Å². The fraction of sp³-hybridized carbons (Fsp3) is 0.632. The second kappa shape index (κ2) is 6.31.